The minimum Gasteiger partial charge on any atom is -0.481 e. The average Bonchev–Trinajstić information content (AvgIpc) is 3.42. The molecule has 2 heterocycles. The van der Waals surface area contributed by atoms with Gasteiger partial charge in [0.25, 0.3) is 0 Å². The van der Waals surface area contributed by atoms with E-state index in [0.29, 0.717) is 0 Å². The molecule has 38 heavy (non-hydrogen) atoms. The summed E-state index contributed by atoms with van der Waals surface area (Å²) in [7, 11) is 2.38. The third-order valence-corrected chi connectivity index (χ3v) is 5.59. The zero-order chi connectivity index (χ0) is 29.6. The molecule has 216 valence electrons. The molecular formula is C24H38N2O12. The van der Waals surface area contributed by atoms with Crippen LogP contribution < -0.4 is 0 Å². The number of esters is 2. The molecule has 0 unspecified atom stereocenters. The van der Waals surface area contributed by atoms with E-state index < -0.39 is 70.9 Å². The maximum Gasteiger partial charge on any atom is 0.410 e. The fourth-order valence-corrected chi connectivity index (χ4v) is 3.84. The van der Waals surface area contributed by atoms with Crippen molar-refractivity contribution < 1.29 is 57.9 Å². The first-order valence-corrected chi connectivity index (χ1v) is 11.9. The lowest BCUT2D eigenvalue weighted by atomic mass is 9.97. The summed E-state index contributed by atoms with van der Waals surface area (Å²) in [5, 5.41) is 18.1. The standard InChI is InChI=1S/2C12H19NO6/c2*1-12(2,3)19-11(17)13-5-7(9(14)15)8(6-13)10(16)18-4/h2*7-8H,5-6H2,1-4H3,(H,14,15)/t2*7-,8+/m10/s1. The van der Waals surface area contributed by atoms with Crippen LogP contribution in [0.1, 0.15) is 41.5 Å². The molecule has 0 bridgehead atoms. The number of amides is 2. The van der Waals surface area contributed by atoms with Gasteiger partial charge in [-0.2, -0.15) is 0 Å². The van der Waals surface area contributed by atoms with E-state index in [1.807, 2.05) is 0 Å². The number of carbonyl (C=O) groups is 6. The van der Waals surface area contributed by atoms with Crippen molar-refractivity contribution in [1.82, 2.24) is 9.80 Å². The van der Waals surface area contributed by atoms with Crippen molar-refractivity contribution in [2.75, 3.05) is 40.4 Å². The molecule has 4 atom stereocenters. The number of aliphatic carboxylic acids is 2. The maximum atomic E-state index is 11.8. The first kappa shape index (κ1) is 32.4. The van der Waals surface area contributed by atoms with Gasteiger partial charge in [0.05, 0.1) is 37.9 Å². The number of hydrogen-bond donors (Lipinski definition) is 2. The van der Waals surface area contributed by atoms with Crippen LogP contribution >= 0.6 is 0 Å². The summed E-state index contributed by atoms with van der Waals surface area (Å²) in [4.78, 5) is 71.4. The second-order valence-electron chi connectivity index (χ2n) is 10.9. The van der Waals surface area contributed by atoms with Crippen molar-refractivity contribution in [2.45, 2.75) is 52.7 Å². The van der Waals surface area contributed by atoms with E-state index in [-0.39, 0.29) is 26.2 Å². The Bertz CT molecular complexity index is 846. The zero-order valence-electron chi connectivity index (χ0n) is 23.0. The van der Waals surface area contributed by atoms with Gasteiger partial charge in [-0.1, -0.05) is 0 Å². The molecule has 2 N–H and O–H groups in total. The number of rotatable bonds is 4. The van der Waals surface area contributed by atoms with E-state index >= 15 is 0 Å². The lowest BCUT2D eigenvalue weighted by Gasteiger charge is -2.24. The molecule has 0 spiro atoms. The molecule has 2 saturated heterocycles. The molecule has 0 aromatic heterocycles. The smallest absolute Gasteiger partial charge is 0.410 e. The number of carboxylic acids is 2. The molecule has 14 nitrogen and oxygen atoms in total. The van der Waals surface area contributed by atoms with E-state index in [4.69, 9.17) is 19.7 Å². The molecule has 0 aromatic carbocycles. The molecular weight excluding hydrogens is 508 g/mol. The largest absolute Gasteiger partial charge is 0.481 e. The highest BCUT2D eigenvalue weighted by Crippen LogP contribution is 2.27. The predicted molar refractivity (Wildman–Crippen MR) is 129 cm³/mol. The Morgan fingerprint density at radius 3 is 1.05 bits per heavy atom. The lowest BCUT2D eigenvalue weighted by molar-refractivity contribution is -0.153. The molecule has 2 aliphatic rings. The first-order chi connectivity index (χ1) is 17.3. The van der Waals surface area contributed by atoms with E-state index in [1.165, 1.54) is 24.0 Å². The number of likely N-dealkylation sites (tertiary alicyclic amines) is 2. The molecule has 2 fully saturated rings. The Labute approximate surface area is 221 Å². The molecule has 2 amide bonds. The van der Waals surface area contributed by atoms with Crippen LogP contribution in [0.2, 0.25) is 0 Å². The molecule has 0 aliphatic carbocycles. The average molecular weight is 547 g/mol. The van der Waals surface area contributed by atoms with Crippen LogP contribution in [0.15, 0.2) is 0 Å². The van der Waals surface area contributed by atoms with Crippen LogP contribution in [0.3, 0.4) is 0 Å². The Morgan fingerprint density at radius 1 is 0.579 bits per heavy atom. The second kappa shape index (κ2) is 12.8. The van der Waals surface area contributed by atoms with Gasteiger partial charge in [-0.25, -0.2) is 9.59 Å². The summed E-state index contributed by atoms with van der Waals surface area (Å²) >= 11 is 0. The first-order valence-electron chi connectivity index (χ1n) is 11.9. The van der Waals surface area contributed by atoms with E-state index in [2.05, 4.69) is 9.47 Å². The summed E-state index contributed by atoms with van der Waals surface area (Å²) in [6.45, 7) is 10.2. The van der Waals surface area contributed by atoms with Crippen LogP contribution in [0.5, 0.6) is 0 Å². The van der Waals surface area contributed by atoms with Crippen molar-refractivity contribution in [1.29, 1.82) is 0 Å². The van der Waals surface area contributed by atoms with Gasteiger partial charge in [0.2, 0.25) is 0 Å². The number of ether oxygens (including phenoxy) is 4. The number of methoxy groups -OCH3 is 2. The number of carbonyl (C=O) groups excluding carboxylic acids is 4. The van der Waals surface area contributed by atoms with Gasteiger partial charge in [-0.3, -0.25) is 19.2 Å². The zero-order valence-corrected chi connectivity index (χ0v) is 23.0. The van der Waals surface area contributed by atoms with E-state index in [0.717, 1.165) is 0 Å². The molecule has 2 aliphatic heterocycles. The minimum atomic E-state index is -1.12. The van der Waals surface area contributed by atoms with E-state index in [1.54, 1.807) is 41.5 Å². The SMILES string of the molecule is COC(=O)[C@@H]1CN(C(=O)OC(C)(C)C)C[C@@H]1C(=O)O.COC(=O)[C@H]1CN(C(=O)OC(C)(C)C)C[C@H]1C(=O)O. The Balaban J connectivity index is 0.000000380. The van der Waals surface area contributed by atoms with Crippen LogP contribution in [-0.4, -0.2) is 108 Å². The highest BCUT2D eigenvalue weighted by atomic mass is 16.6. The van der Waals surface area contributed by atoms with Gasteiger partial charge < -0.3 is 39.0 Å². The number of hydrogen-bond acceptors (Lipinski definition) is 10. The van der Waals surface area contributed by atoms with Crippen molar-refractivity contribution in [3.05, 3.63) is 0 Å². The van der Waals surface area contributed by atoms with Crippen molar-refractivity contribution in [3.8, 4) is 0 Å². The molecule has 0 aromatic rings. The summed E-state index contributed by atoms with van der Waals surface area (Å²) in [6.07, 6.45) is -1.24. The lowest BCUT2D eigenvalue weighted by Crippen LogP contribution is -2.36. The molecule has 2 rings (SSSR count). The fourth-order valence-electron chi connectivity index (χ4n) is 3.84. The number of nitrogens with zero attached hydrogens (tertiary/aromatic N) is 2. The molecule has 0 saturated carbocycles. The predicted octanol–water partition coefficient (Wildman–Crippen LogP) is 1.45. The van der Waals surface area contributed by atoms with Crippen LogP contribution in [0.25, 0.3) is 0 Å². The van der Waals surface area contributed by atoms with Gasteiger partial charge in [0.1, 0.15) is 11.2 Å². The third kappa shape index (κ3) is 9.38. The third-order valence-electron chi connectivity index (χ3n) is 5.59. The summed E-state index contributed by atoms with van der Waals surface area (Å²) in [5.74, 6) is -7.12. The van der Waals surface area contributed by atoms with Crippen molar-refractivity contribution in [2.24, 2.45) is 23.7 Å². The van der Waals surface area contributed by atoms with Crippen LogP contribution in [0, 0.1) is 23.7 Å². The summed E-state index contributed by atoms with van der Waals surface area (Å²) in [5.41, 5.74) is -1.34. The van der Waals surface area contributed by atoms with Crippen molar-refractivity contribution in [3.63, 3.8) is 0 Å². The normalized spacial score (nSPS) is 23.1. The van der Waals surface area contributed by atoms with Gasteiger partial charge in [-0.05, 0) is 41.5 Å². The van der Waals surface area contributed by atoms with Crippen LogP contribution in [0.4, 0.5) is 9.59 Å². The summed E-state index contributed by atoms with van der Waals surface area (Å²) < 4.78 is 19.4. The molecule has 14 heteroatoms. The highest BCUT2D eigenvalue weighted by molar-refractivity contribution is 5.85. The topological polar surface area (TPSA) is 186 Å². The Kier molecular flexibility index (Phi) is 10.9. The highest BCUT2D eigenvalue weighted by Gasteiger charge is 2.46. The van der Waals surface area contributed by atoms with Crippen molar-refractivity contribution >= 4 is 36.1 Å². The number of carboxylic acid groups (broad SMARTS) is 2. The quantitative estimate of drug-likeness (QED) is 0.382. The second-order valence-corrected chi connectivity index (χ2v) is 10.9. The monoisotopic (exact) mass is 546 g/mol. The van der Waals surface area contributed by atoms with Gasteiger partial charge in [0.15, 0.2) is 0 Å². The Morgan fingerprint density at radius 2 is 0.842 bits per heavy atom. The van der Waals surface area contributed by atoms with Gasteiger partial charge in [0, 0.05) is 26.2 Å². The minimum absolute atomic E-state index is 0.00144. The molecule has 0 radical (unpaired) electrons. The Hall–Kier alpha value is -3.58. The van der Waals surface area contributed by atoms with Gasteiger partial charge >= 0.3 is 36.1 Å². The van der Waals surface area contributed by atoms with Gasteiger partial charge in [-0.15, -0.1) is 0 Å². The van der Waals surface area contributed by atoms with Crippen LogP contribution in [-0.2, 0) is 38.1 Å². The fraction of sp³-hybridized carbons (Fsp3) is 0.750. The van der Waals surface area contributed by atoms with E-state index in [9.17, 15) is 28.8 Å². The summed E-state index contributed by atoms with van der Waals surface area (Å²) in [6, 6.07) is 0. The maximum absolute atomic E-state index is 11.8.